The Kier molecular flexibility index (Phi) is 5.27. The Bertz CT molecular complexity index is 698. The van der Waals surface area contributed by atoms with E-state index in [9.17, 15) is 9.90 Å². The lowest BCUT2D eigenvalue weighted by Crippen LogP contribution is -2.51. The standard InChI is InChI=1S/C22H32N2O2/c1-15(2)14-19(25)24-12-10-22(11-13-24)18-9-7-6-8-17(18)20(21(22)26)23(5)16(3)4/h6-9,14,16,20-21,26H,10-13H2,1-5H3/t20-,21+/m1/s1. The van der Waals surface area contributed by atoms with Gasteiger partial charge in [-0.25, -0.2) is 0 Å². The smallest absolute Gasteiger partial charge is 0.246 e. The molecule has 1 aromatic carbocycles. The van der Waals surface area contributed by atoms with Gasteiger partial charge < -0.3 is 10.0 Å². The van der Waals surface area contributed by atoms with Crippen molar-refractivity contribution in [2.24, 2.45) is 0 Å². The fourth-order valence-electron chi connectivity index (χ4n) is 4.63. The largest absolute Gasteiger partial charge is 0.390 e. The number of carbonyl (C=O) groups excluding carboxylic acids is 1. The summed E-state index contributed by atoms with van der Waals surface area (Å²) in [6.07, 6.45) is 2.91. The number of fused-ring (bicyclic) bond motifs is 2. The number of aliphatic hydroxyl groups excluding tert-OH is 1. The lowest BCUT2D eigenvalue weighted by molar-refractivity contribution is -0.128. The lowest BCUT2D eigenvalue weighted by Gasteiger charge is -2.43. The van der Waals surface area contributed by atoms with Gasteiger partial charge in [0.15, 0.2) is 0 Å². The molecule has 3 rings (SSSR count). The summed E-state index contributed by atoms with van der Waals surface area (Å²) in [4.78, 5) is 16.6. The normalized spacial score (nSPS) is 24.2. The molecule has 4 nitrogen and oxygen atoms in total. The molecule has 0 bridgehead atoms. The highest BCUT2D eigenvalue weighted by molar-refractivity contribution is 5.88. The highest BCUT2D eigenvalue weighted by Gasteiger charge is 2.53. The molecule has 26 heavy (non-hydrogen) atoms. The average Bonchev–Trinajstić information content (AvgIpc) is 2.83. The van der Waals surface area contributed by atoms with E-state index in [0.29, 0.717) is 19.1 Å². The Morgan fingerprint density at radius 3 is 2.46 bits per heavy atom. The minimum atomic E-state index is -0.437. The molecule has 1 saturated heterocycles. The number of likely N-dealkylation sites (tertiary alicyclic amines) is 1. The number of nitrogens with zero attached hydrogens (tertiary/aromatic N) is 2. The van der Waals surface area contributed by atoms with Crippen LogP contribution in [0.1, 0.15) is 57.7 Å². The van der Waals surface area contributed by atoms with Crippen LogP contribution in [0.2, 0.25) is 0 Å². The third-order valence-corrected chi connectivity index (χ3v) is 6.31. The number of likely N-dealkylation sites (N-methyl/N-ethyl adjacent to an activating group) is 1. The van der Waals surface area contributed by atoms with Crippen LogP contribution in [0.3, 0.4) is 0 Å². The second kappa shape index (κ2) is 7.16. The van der Waals surface area contributed by atoms with Crippen LogP contribution in [0.5, 0.6) is 0 Å². The molecule has 2 atom stereocenters. The fraction of sp³-hybridized carbons (Fsp3) is 0.591. The van der Waals surface area contributed by atoms with Crippen LogP contribution in [0.25, 0.3) is 0 Å². The first-order chi connectivity index (χ1) is 12.3. The summed E-state index contributed by atoms with van der Waals surface area (Å²) in [5, 5.41) is 11.4. The van der Waals surface area contributed by atoms with E-state index in [1.54, 1.807) is 6.08 Å². The number of amides is 1. The van der Waals surface area contributed by atoms with Crippen molar-refractivity contribution in [1.82, 2.24) is 9.80 Å². The van der Waals surface area contributed by atoms with Crippen LogP contribution in [0, 0.1) is 0 Å². The van der Waals surface area contributed by atoms with E-state index < -0.39 is 6.10 Å². The molecule has 1 spiro atoms. The molecular formula is C22H32N2O2. The number of rotatable bonds is 3. The molecule has 142 valence electrons. The molecule has 0 unspecified atom stereocenters. The van der Waals surface area contributed by atoms with Crippen molar-refractivity contribution in [3.05, 3.63) is 47.0 Å². The van der Waals surface area contributed by atoms with Crippen molar-refractivity contribution in [2.75, 3.05) is 20.1 Å². The van der Waals surface area contributed by atoms with Crippen molar-refractivity contribution in [2.45, 2.75) is 64.1 Å². The van der Waals surface area contributed by atoms with Gasteiger partial charge in [-0.2, -0.15) is 0 Å². The average molecular weight is 357 g/mol. The number of piperidine rings is 1. The summed E-state index contributed by atoms with van der Waals surface area (Å²) < 4.78 is 0. The highest BCUT2D eigenvalue weighted by Crippen LogP contribution is 2.52. The minimum absolute atomic E-state index is 0.0197. The van der Waals surface area contributed by atoms with E-state index in [0.717, 1.165) is 18.4 Å². The van der Waals surface area contributed by atoms with Crippen molar-refractivity contribution in [3.63, 3.8) is 0 Å². The molecule has 0 aromatic heterocycles. The van der Waals surface area contributed by atoms with Gasteiger partial charge in [-0.1, -0.05) is 29.8 Å². The molecule has 1 heterocycles. The number of hydrogen-bond acceptors (Lipinski definition) is 3. The summed E-state index contributed by atoms with van der Waals surface area (Å²) in [6, 6.07) is 8.87. The first-order valence-corrected chi connectivity index (χ1v) is 9.71. The van der Waals surface area contributed by atoms with E-state index in [1.165, 1.54) is 11.1 Å². The maximum absolute atomic E-state index is 12.4. The number of allylic oxidation sites excluding steroid dienone is 1. The summed E-state index contributed by atoms with van der Waals surface area (Å²) in [6.45, 7) is 9.64. The maximum Gasteiger partial charge on any atom is 0.246 e. The zero-order chi connectivity index (χ0) is 19.1. The van der Waals surface area contributed by atoms with Crippen molar-refractivity contribution in [1.29, 1.82) is 0 Å². The van der Waals surface area contributed by atoms with Crippen LogP contribution >= 0.6 is 0 Å². The molecule has 0 radical (unpaired) electrons. The van der Waals surface area contributed by atoms with Crippen molar-refractivity contribution >= 4 is 5.91 Å². The van der Waals surface area contributed by atoms with Crippen LogP contribution in [-0.4, -0.2) is 53.1 Å². The molecule has 1 aliphatic carbocycles. The predicted molar refractivity (Wildman–Crippen MR) is 105 cm³/mol. The first kappa shape index (κ1) is 19.1. The van der Waals surface area contributed by atoms with Gasteiger partial charge >= 0.3 is 0 Å². The molecule has 4 heteroatoms. The molecule has 2 aliphatic rings. The SMILES string of the molecule is CC(C)=CC(=O)N1CCC2(CC1)c1ccccc1[C@@H](N(C)C(C)C)[C@@H]2O. The number of hydrogen-bond donors (Lipinski definition) is 1. The van der Waals surface area contributed by atoms with Gasteiger partial charge in [-0.3, -0.25) is 9.69 Å². The summed E-state index contributed by atoms with van der Waals surface area (Å²) >= 11 is 0. The maximum atomic E-state index is 12.4. The van der Waals surface area contributed by atoms with Crippen LogP contribution < -0.4 is 0 Å². The lowest BCUT2D eigenvalue weighted by atomic mass is 9.72. The quantitative estimate of drug-likeness (QED) is 0.846. The molecule has 1 amide bonds. The second-order valence-corrected chi connectivity index (χ2v) is 8.44. The molecule has 1 aromatic rings. The zero-order valence-corrected chi connectivity index (χ0v) is 16.7. The zero-order valence-electron chi connectivity index (χ0n) is 16.7. The summed E-state index contributed by atoms with van der Waals surface area (Å²) in [7, 11) is 2.10. The monoisotopic (exact) mass is 356 g/mol. The van der Waals surface area contributed by atoms with Crippen molar-refractivity contribution < 1.29 is 9.90 Å². The summed E-state index contributed by atoms with van der Waals surface area (Å²) in [5.74, 6) is 0.0940. The van der Waals surface area contributed by atoms with E-state index in [2.05, 4.69) is 50.1 Å². The third kappa shape index (κ3) is 3.10. The molecule has 1 N–H and O–H groups in total. The summed E-state index contributed by atoms with van der Waals surface area (Å²) in [5.41, 5.74) is 3.31. The van der Waals surface area contributed by atoms with Gasteiger partial charge in [0.1, 0.15) is 0 Å². The molecule has 1 aliphatic heterocycles. The van der Waals surface area contributed by atoms with Gasteiger partial charge in [0.05, 0.1) is 12.1 Å². The van der Waals surface area contributed by atoms with Crippen LogP contribution in [0.15, 0.2) is 35.9 Å². The van der Waals surface area contributed by atoms with Crippen LogP contribution in [-0.2, 0) is 10.2 Å². The van der Waals surface area contributed by atoms with E-state index in [-0.39, 0.29) is 17.4 Å². The Morgan fingerprint density at radius 2 is 1.88 bits per heavy atom. The first-order valence-electron chi connectivity index (χ1n) is 9.71. The fourth-order valence-corrected chi connectivity index (χ4v) is 4.63. The number of benzene rings is 1. The second-order valence-electron chi connectivity index (χ2n) is 8.44. The Morgan fingerprint density at radius 1 is 1.27 bits per heavy atom. The van der Waals surface area contributed by atoms with Gasteiger partial charge in [-0.15, -0.1) is 0 Å². The number of carbonyl (C=O) groups is 1. The van der Waals surface area contributed by atoms with Gasteiger partial charge in [0, 0.05) is 30.6 Å². The Balaban J connectivity index is 1.89. The molecular weight excluding hydrogens is 324 g/mol. The Hall–Kier alpha value is -1.65. The van der Waals surface area contributed by atoms with Gasteiger partial charge in [0.25, 0.3) is 0 Å². The third-order valence-electron chi connectivity index (χ3n) is 6.31. The minimum Gasteiger partial charge on any atom is -0.390 e. The van der Waals surface area contributed by atoms with E-state index in [1.807, 2.05) is 18.7 Å². The van der Waals surface area contributed by atoms with E-state index >= 15 is 0 Å². The molecule has 1 fully saturated rings. The van der Waals surface area contributed by atoms with Crippen LogP contribution in [0.4, 0.5) is 0 Å². The predicted octanol–water partition coefficient (Wildman–Crippen LogP) is 3.27. The highest BCUT2D eigenvalue weighted by atomic mass is 16.3. The molecule has 0 saturated carbocycles. The van der Waals surface area contributed by atoms with Gasteiger partial charge in [0.2, 0.25) is 5.91 Å². The van der Waals surface area contributed by atoms with E-state index in [4.69, 9.17) is 0 Å². The Labute approximate surface area is 157 Å². The number of aliphatic hydroxyl groups is 1. The topological polar surface area (TPSA) is 43.8 Å². The van der Waals surface area contributed by atoms with Crippen molar-refractivity contribution in [3.8, 4) is 0 Å². The van der Waals surface area contributed by atoms with Gasteiger partial charge in [-0.05, 0) is 58.7 Å².